The molecule has 2 aromatic carbocycles. The molecule has 0 N–H and O–H groups in total. The molecule has 0 atom stereocenters. The first kappa shape index (κ1) is 18.3. The van der Waals surface area contributed by atoms with Gasteiger partial charge >= 0.3 is 0 Å². The summed E-state index contributed by atoms with van der Waals surface area (Å²) in [5.41, 5.74) is 3.69. The van der Waals surface area contributed by atoms with Crippen LogP contribution in [0.15, 0.2) is 46.3 Å². The highest BCUT2D eigenvalue weighted by Crippen LogP contribution is 2.38. The molecule has 1 fully saturated rings. The van der Waals surface area contributed by atoms with Gasteiger partial charge < -0.3 is 9.47 Å². The number of carbonyl (C=O) groups is 2. The second-order valence-corrected chi connectivity index (χ2v) is 7.55. The van der Waals surface area contributed by atoms with Gasteiger partial charge in [0.15, 0.2) is 16.7 Å². The van der Waals surface area contributed by atoms with Crippen LogP contribution in [0.4, 0.5) is 5.69 Å². The monoisotopic (exact) mass is 394 g/mol. The van der Waals surface area contributed by atoms with Crippen LogP contribution in [-0.2, 0) is 9.59 Å². The molecule has 142 valence electrons. The Labute approximate surface area is 166 Å². The molecule has 2 heterocycles. The molecule has 0 saturated carbocycles. The predicted octanol–water partition coefficient (Wildman–Crippen LogP) is 4.06. The molecule has 6 nitrogen and oxygen atoms in total. The molecule has 1 saturated heterocycles. The normalized spacial score (nSPS) is 18.4. The van der Waals surface area contributed by atoms with E-state index >= 15 is 0 Å². The molecule has 2 amide bonds. The fourth-order valence-corrected chi connectivity index (χ4v) is 3.95. The van der Waals surface area contributed by atoms with E-state index in [0.717, 1.165) is 16.7 Å². The Morgan fingerprint density at radius 1 is 1.11 bits per heavy atom. The van der Waals surface area contributed by atoms with E-state index in [2.05, 4.69) is 4.99 Å². The number of hydrogen-bond acceptors (Lipinski definition) is 5. The molecule has 0 spiro atoms. The third-order valence-electron chi connectivity index (χ3n) is 4.50. The zero-order valence-corrected chi connectivity index (χ0v) is 16.5. The van der Waals surface area contributed by atoms with Crippen molar-refractivity contribution in [2.45, 2.75) is 20.8 Å². The van der Waals surface area contributed by atoms with E-state index in [1.807, 2.05) is 50.2 Å². The molecule has 0 radical (unpaired) electrons. The number of carbonyl (C=O) groups excluding carboxylic acids is 2. The lowest BCUT2D eigenvalue weighted by atomic mass is 10.1. The lowest BCUT2D eigenvalue weighted by molar-refractivity contribution is -0.115. The number of fused-ring (bicyclic) bond motifs is 1. The third kappa shape index (κ3) is 3.41. The Balaban J connectivity index is 1.73. The Hall–Kier alpha value is -3.06. The first-order valence-electron chi connectivity index (χ1n) is 8.72. The summed E-state index contributed by atoms with van der Waals surface area (Å²) in [6.07, 6.45) is 1.77. The lowest BCUT2D eigenvalue weighted by Crippen LogP contribution is -2.29. The standard InChI is InChI=1S/C21H18N2O4S/c1-12-4-6-16(8-13(12)2)23-20(25)19(28-21(23)22-14(3)24)10-15-5-7-17-18(9-15)27-11-26-17/h4-10H,11H2,1-3H3/b19-10-,22-21?. The van der Waals surface area contributed by atoms with Crippen molar-refractivity contribution >= 4 is 40.5 Å². The first-order chi connectivity index (χ1) is 13.4. The maximum Gasteiger partial charge on any atom is 0.271 e. The predicted molar refractivity (Wildman–Crippen MR) is 110 cm³/mol. The highest BCUT2D eigenvalue weighted by atomic mass is 32.2. The molecule has 4 rings (SSSR count). The topological polar surface area (TPSA) is 68.2 Å². The molecular formula is C21H18N2O4S. The third-order valence-corrected chi connectivity index (χ3v) is 5.47. The van der Waals surface area contributed by atoms with Crippen molar-refractivity contribution in [1.29, 1.82) is 0 Å². The smallest absolute Gasteiger partial charge is 0.271 e. The van der Waals surface area contributed by atoms with Crippen LogP contribution in [0, 0.1) is 13.8 Å². The Morgan fingerprint density at radius 3 is 2.64 bits per heavy atom. The molecule has 0 aromatic heterocycles. The van der Waals surface area contributed by atoms with Gasteiger partial charge in [-0.05, 0) is 72.6 Å². The second kappa shape index (κ2) is 7.16. The average molecular weight is 394 g/mol. The Bertz CT molecular complexity index is 1060. The zero-order chi connectivity index (χ0) is 19.8. The highest BCUT2D eigenvalue weighted by Gasteiger charge is 2.35. The summed E-state index contributed by atoms with van der Waals surface area (Å²) in [5, 5.41) is 0.354. The number of amides is 2. The van der Waals surface area contributed by atoms with Gasteiger partial charge in [-0.15, -0.1) is 0 Å². The number of aliphatic imine (C=N–C) groups is 1. The van der Waals surface area contributed by atoms with E-state index in [4.69, 9.17) is 9.47 Å². The van der Waals surface area contributed by atoms with Crippen molar-refractivity contribution in [3.8, 4) is 11.5 Å². The van der Waals surface area contributed by atoms with Crippen molar-refractivity contribution < 1.29 is 19.1 Å². The van der Waals surface area contributed by atoms with Crippen molar-refractivity contribution in [1.82, 2.24) is 0 Å². The van der Waals surface area contributed by atoms with E-state index < -0.39 is 0 Å². The van der Waals surface area contributed by atoms with Crippen molar-refractivity contribution in [2.75, 3.05) is 11.7 Å². The van der Waals surface area contributed by atoms with Gasteiger partial charge in [-0.1, -0.05) is 12.1 Å². The van der Waals surface area contributed by atoms with Crippen LogP contribution in [-0.4, -0.2) is 23.8 Å². The van der Waals surface area contributed by atoms with Crippen molar-refractivity contribution in [2.24, 2.45) is 4.99 Å². The van der Waals surface area contributed by atoms with Crippen LogP contribution in [0.1, 0.15) is 23.6 Å². The largest absolute Gasteiger partial charge is 0.454 e. The molecule has 0 aliphatic carbocycles. The summed E-state index contributed by atoms with van der Waals surface area (Å²) in [5.74, 6) is 0.760. The zero-order valence-electron chi connectivity index (χ0n) is 15.7. The fraction of sp³-hybridized carbons (Fsp3) is 0.190. The number of aryl methyl sites for hydroxylation is 2. The second-order valence-electron chi connectivity index (χ2n) is 6.55. The van der Waals surface area contributed by atoms with Gasteiger partial charge in [0.1, 0.15) is 0 Å². The first-order valence-corrected chi connectivity index (χ1v) is 9.54. The molecule has 0 unspecified atom stereocenters. The minimum atomic E-state index is -0.353. The minimum absolute atomic E-state index is 0.193. The summed E-state index contributed by atoms with van der Waals surface area (Å²) in [6, 6.07) is 11.2. The van der Waals surface area contributed by atoms with Crippen LogP contribution in [0.25, 0.3) is 6.08 Å². The van der Waals surface area contributed by atoms with Crippen molar-refractivity contribution in [3.63, 3.8) is 0 Å². The maximum absolute atomic E-state index is 13.1. The van der Waals surface area contributed by atoms with E-state index in [9.17, 15) is 9.59 Å². The number of thioether (sulfide) groups is 1. The highest BCUT2D eigenvalue weighted by molar-refractivity contribution is 8.19. The molecule has 7 heteroatoms. The fourth-order valence-electron chi connectivity index (χ4n) is 2.93. The van der Waals surface area contributed by atoms with E-state index in [1.54, 1.807) is 6.08 Å². The summed E-state index contributed by atoms with van der Waals surface area (Å²) >= 11 is 1.18. The number of benzene rings is 2. The number of nitrogens with zero attached hydrogens (tertiary/aromatic N) is 2. The number of hydrogen-bond donors (Lipinski definition) is 0. The molecule has 28 heavy (non-hydrogen) atoms. The molecule has 2 aliphatic heterocycles. The number of amidine groups is 1. The average Bonchev–Trinajstić information content (AvgIpc) is 3.22. The van der Waals surface area contributed by atoms with Gasteiger partial charge in [0, 0.05) is 6.92 Å². The van der Waals surface area contributed by atoms with Crippen molar-refractivity contribution in [3.05, 3.63) is 58.0 Å². The van der Waals surface area contributed by atoms with E-state index in [-0.39, 0.29) is 18.6 Å². The van der Waals surface area contributed by atoms with Crippen LogP contribution >= 0.6 is 11.8 Å². The van der Waals surface area contributed by atoms with Gasteiger partial charge in [0.2, 0.25) is 12.7 Å². The molecule has 0 bridgehead atoms. The van der Waals surface area contributed by atoms with Crippen LogP contribution in [0.5, 0.6) is 11.5 Å². The van der Waals surface area contributed by atoms with Crippen LogP contribution < -0.4 is 14.4 Å². The number of anilines is 1. The molecule has 2 aliphatic rings. The van der Waals surface area contributed by atoms with E-state index in [0.29, 0.717) is 27.3 Å². The Kier molecular flexibility index (Phi) is 4.68. The summed E-state index contributed by atoms with van der Waals surface area (Å²) in [7, 11) is 0. The van der Waals surface area contributed by atoms with E-state index in [1.165, 1.54) is 23.6 Å². The van der Waals surface area contributed by atoms with Gasteiger partial charge in [-0.3, -0.25) is 14.5 Å². The molecular weight excluding hydrogens is 376 g/mol. The SMILES string of the molecule is CC(=O)N=C1S/C(=C\c2ccc3c(c2)OCO3)C(=O)N1c1ccc(C)c(C)c1. The lowest BCUT2D eigenvalue weighted by Gasteiger charge is -2.16. The number of ether oxygens (including phenoxy) is 2. The Morgan fingerprint density at radius 2 is 1.89 bits per heavy atom. The molecule has 2 aromatic rings. The van der Waals surface area contributed by atoms with Crippen LogP contribution in [0.3, 0.4) is 0 Å². The van der Waals surface area contributed by atoms with Gasteiger partial charge in [-0.25, -0.2) is 0 Å². The summed E-state index contributed by atoms with van der Waals surface area (Å²) in [4.78, 5) is 30.7. The maximum atomic E-state index is 13.1. The minimum Gasteiger partial charge on any atom is -0.454 e. The number of rotatable bonds is 2. The van der Waals surface area contributed by atoms with Crippen LogP contribution in [0.2, 0.25) is 0 Å². The van der Waals surface area contributed by atoms with Gasteiger partial charge in [0.25, 0.3) is 5.91 Å². The summed E-state index contributed by atoms with van der Waals surface area (Å²) < 4.78 is 10.7. The van der Waals surface area contributed by atoms with Gasteiger partial charge in [0.05, 0.1) is 10.6 Å². The summed E-state index contributed by atoms with van der Waals surface area (Å²) in [6.45, 7) is 5.56. The van der Waals surface area contributed by atoms with Gasteiger partial charge in [-0.2, -0.15) is 4.99 Å². The quantitative estimate of drug-likeness (QED) is 0.719.